The summed E-state index contributed by atoms with van der Waals surface area (Å²) in [6, 6.07) is 6.19. The molecule has 1 aromatic heterocycles. The summed E-state index contributed by atoms with van der Waals surface area (Å²) < 4.78 is 0. The van der Waals surface area contributed by atoms with Crippen LogP contribution in [0, 0.1) is 0 Å². The van der Waals surface area contributed by atoms with Crippen molar-refractivity contribution in [2.45, 2.75) is 4.90 Å². The second-order valence-electron chi connectivity index (χ2n) is 2.84. The van der Waals surface area contributed by atoms with Crippen LogP contribution in [0.2, 0.25) is 0 Å². The summed E-state index contributed by atoms with van der Waals surface area (Å²) >= 11 is 1.76. The number of thioether (sulfide) groups is 1. The van der Waals surface area contributed by atoms with Crippen LogP contribution in [0.5, 0.6) is 0 Å². The number of benzene rings is 1. The van der Waals surface area contributed by atoms with Crippen LogP contribution in [0.3, 0.4) is 0 Å². The molecule has 0 unspecified atom stereocenters. The van der Waals surface area contributed by atoms with Crippen LogP contribution in [0.4, 0.5) is 0 Å². The monoisotopic (exact) mass is 202 g/mol. The van der Waals surface area contributed by atoms with Gasteiger partial charge in [-0.2, -0.15) is 0 Å². The third-order valence-electron chi connectivity index (χ3n) is 1.84. The lowest BCUT2D eigenvalue weighted by Gasteiger charge is -2.00. The minimum atomic E-state index is 0.930. The van der Waals surface area contributed by atoms with Gasteiger partial charge in [-0.15, -0.1) is 18.3 Å². The zero-order valence-electron chi connectivity index (χ0n) is 7.68. The molecule has 14 heavy (non-hydrogen) atoms. The Labute approximate surface area is 87.1 Å². The van der Waals surface area contributed by atoms with Crippen molar-refractivity contribution in [1.29, 1.82) is 0 Å². The lowest BCUT2D eigenvalue weighted by atomic mass is 10.2. The van der Waals surface area contributed by atoms with Crippen LogP contribution in [0.25, 0.3) is 10.9 Å². The van der Waals surface area contributed by atoms with Crippen LogP contribution in [0.1, 0.15) is 0 Å². The van der Waals surface area contributed by atoms with Gasteiger partial charge in [-0.25, -0.2) is 9.97 Å². The molecule has 0 aliphatic heterocycles. The van der Waals surface area contributed by atoms with Gasteiger partial charge in [0.15, 0.2) is 0 Å². The van der Waals surface area contributed by atoms with Crippen LogP contribution in [-0.2, 0) is 0 Å². The first kappa shape index (κ1) is 9.21. The molecule has 2 rings (SSSR count). The molecule has 0 fully saturated rings. The van der Waals surface area contributed by atoms with Crippen LogP contribution < -0.4 is 0 Å². The first-order valence-corrected chi connectivity index (χ1v) is 5.32. The van der Waals surface area contributed by atoms with Crippen LogP contribution in [-0.4, -0.2) is 15.7 Å². The van der Waals surface area contributed by atoms with Gasteiger partial charge in [0, 0.05) is 22.2 Å². The van der Waals surface area contributed by atoms with E-state index in [0.29, 0.717) is 0 Å². The van der Waals surface area contributed by atoms with E-state index in [2.05, 4.69) is 28.7 Å². The molecule has 0 aliphatic rings. The van der Waals surface area contributed by atoms with E-state index in [0.717, 1.165) is 16.7 Å². The van der Waals surface area contributed by atoms with Gasteiger partial charge in [0.25, 0.3) is 0 Å². The molecular formula is C11H10N2S. The highest BCUT2D eigenvalue weighted by molar-refractivity contribution is 7.99. The summed E-state index contributed by atoms with van der Waals surface area (Å²) in [4.78, 5) is 9.38. The summed E-state index contributed by atoms with van der Waals surface area (Å²) in [5, 5.41) is 1.08. The summed E-state index contributed by atoms with van der Waals surface area (Å²) in [7, 11) is 0. The topological polar surface area (TPSA) is 25.8 Å². The van der Waals surface area contributed by atoms with Gasteiger partial charge in [-0.1, -0.05) is 6.08 Å². The van der Waals surface area contributed by atoms with E-state index >= 15 is 0 Å². The Bertz CT molecular complexity index is 454. The molecule has 2 nitrogen and oxygen atoms in total. The van der Waals surface area contributed by atoms with E-state index in [4.69, 9.17) is 0 Å². The fourth-order valence-corrected chi connectivity index (χ4v) is 1.89. The van der Waals surface area contributed by atoms with Gasteiger partial charge < -0.3 is 0 Å². The lowest BCUT2D eigenvalue weighted by Crippen LogP contribution is -1.81. The normalized spacial score (nSPS) is 10.3. The largest absolute Gasteiger partial charge is 0.244 e. The van der Waals surface area contributed by atoms with Crippen molar-refractivity contribution in [2.24, 2.45) is 0 Å². The third-order valence-corrected chi connectivity index (χ3v) is 2.83. The molecule has 0 N–H and O–H groups in total. The summed E-state index contributed by atoms with van der Waals surface area (Å²) in [5.74, 6) is 0.930. The molecule has 0 saturated carbocycles. The number of nitrogens with zero attached hydrogens (tertiary/aromatic N) is 2. The Morgan fingerprint density at radius 3 is 3.21 bits per heavy atom. The molecule has 0 radical (unpaired) electrons. The minimum Gasteiger partial charge on any atom is -0.244 e. The van der Waals surface area contributed by atoms with Crippen molar-refractivity contribution < 1.29 is 0 Å². The molecule has 3 heteroatoms. The van der Waals surface area contributed by atoms with E-state index in [9.17, 15) is 0 Å². The second kappa shape index (κ2) is 4.24. The first-order chi connectivity index (χ1) is 6.90. The first-order valence-electron chi connectivity index (χ1n) is 4.33. The fourth-order valence-electron chi connectivity index (χ4n) is 1.21. The zero-order chi connectivity index (χ0) is 9.80. The Morgan fingerprint density at radius 1 is 1.43 bits per heavy atom. The maximum atomic E-state index is 4.16. The average molecular weight is 202 g/mol. The SMILES string of the molecule is C=CCSc1ccc2ncncc2c1. The van der Waals surface area contributed by atoms with Gasteiger partial charge in [0.05, 0.1) is 5.52 Å². The molecule has 0 aliphatic carbocycles. The van der Waals surface area contributed by atoms with E-state index in [-0.39, 0.29) is 0 Å². The van der Waals surface area contributed by atoms with Crippen molar-refractivity contribution >= 4 is 22.7 Å². The second-order valence-corrected chi connectivity index (χ2v) is 3.94. The quantitative estimate of drug-likeness (QED) is 0.565. The number of fused-ring (bicyclic) bond motifs is 1. The molecule has 1 heterocycles. The van der Waals surface area contributed by atoms with Gasteiger partial charge in [-0.3, -0.25) is 0 Å². The summed E-state index contributed by atoms with van der Waals surface area (Å²) in [6.07, 6.45) is 5.30. The van der Waals surface area contributed by atoms with E-state index in [1.165, 1.54) is 4.90 Å². The molecule has 0 atom stereocenters. The van der Waals surface area contributed by atoms with Crippen molar-refractivity contribution in [3.8, 4) is 0 Å². The van der Waals surface area contributed by atoms with Crippen LogP contribution >= 0.6 is 11.8 Å². The molecule has 1 aromatic carbocycles. The van der Waals surface area contributed by atoms with E-state index < -0.39 is 0 Å². The smallest absolute Gasteiger partial charge is 0.116 e. The van der Waals surface area contributed by atoms with Crippen molar-refractivity contribution in [2.75, 3.05) is 5.75 Å². The molecule has 0 spiro atoms. The minimum absolute atomic E-state index is 0.930. The van der Waals surface area contributed by atoms with Gasteiger partial charge in [0.1, 0.15) is 6.33 Å². The van der Waals surface area contributed by atoms with Crippen LogP contribution in [0.15, 0.2) is 48.3 Å². The third kappa shape index (κ3) is 1.93. The van der Waals surface area contributed by atoms with E-state index in [1.807, 2.05) is 18.3 Å². The Balaban J connectivity index is 2.36. The van der Waals surface area contributed by atoms with Crippen molar-refractivity contribution in [3.63, 3.8) is 0 Å². The molecule has 0 saturated heterocycles. The maximum absolute atomic E-state index is 4.16. The highest BCUT2D eigenvalue weighted by Gasteiger charge is 1.96. The molecule has 70 valence electrons. The number of hydrogen-bond donors (Lipinski definition) is 0. The summed E-state index contributed by atoms with van der Waals surface area (Å²) in [6.45, 7) is 3.69. The zero-order valence-corrected chi connectivity index (χ0v) is 8.50. The molecule has 0 amide bonds. The predicted octanol–water partition coefficient (Wildman–Crippen LogP) is 2.91. The summed E-state index contributed by atoms with van der Waals surface area (Å²) in [5.41, 5.74) is 0.989. The van der Waals surface area contributed by atoms with Crippen molar-refractivity contribution in [3.05, 3.63) is 43.4 Å². The average Bonchev–Trinajstić information content (AvgIpc) is 2.26. The molecular weight excluding hydrogens is 192 g/mol. The maximum Gasteiger partial charge on any atom is 0.116 e. The standard InChI is InChI=1S/C11H10N2S/c1-2-5-14-10-3-4-11-9(6-10)7-12-8-13-11/h2-4,6-8H,1,5H2. The molecule has 2 aromatic rings. The number of rotatable bonds is 3. The van der Waals surface area contributed by atoms with Gasteiger partial charge in [-0.05, 0) is 18.2 Å². The lowest BCUT2D eigenvalue weighted by molar-refractivity contribution is 1.22. The van der Waals surface area contributed by atoms with E-state index in [1.54, 1.807) is 18.1 Å². The van der Waals surface area contributed by atoms with Gasteiger partial charge in [0.2, 0.25) is 0 Å². The fraction of sp³-hybridized carbons (Fsp3) is 0.0909. The Hall–Kier alpha value is -1.35. The predicted molar refractivity (Wildman–Crippen MR) is 60.5 cm³/mol. The Morgan fingerprint density at radius 2 is 2.36 bits per heavy atom. The highest BCUT2D eigenvalue weighted by Crippen LogP contribution is 2.21. The molecule has 0 bridgehead atoms. The highest BCUT2D eigenvalue weighted by atomic mass is 32.2. The number of aromatic nitrogens is 2. The Kier molecular flexibility index (Phi) is 2.79. The van der Waals surface area contributed by atoms with Crippen molar-refractivity contribution in [1.82, 2.24) is 9.97 Å². The number of hydrogen-bond acceptors (Lipinski definition) is 3. The van der Waals surface area contributed by atoms with Gasteiger partial charge >= 0.3 is 0 Å².